The summed E-state index contributed by atoms with van der Waals surface area (Å²) in [6.45, 7) is 4.28. The van der Waals surface area contributed by atoms with Crippen LogP contribution >= 0.6 is 0 Å². The third-order valence-electron chi connectivity index (χ3n) is 6.51. The molecular weight excluding hydrogens is 444 g/mol. The molecule has 4 heteroatoms. The fraction of sp³-hybridized carbons (Fsp3) is 0.125. The largest absolute Gasteiger partial charge is 0.436 e. The topological polar surface area (TPSA) is 52.1 Å². The quantitative estimate of drug-likeness (QED) is 0.229. The van der Waals surface area contributed by atoms with E-state index in [1.807, 2.05) is 36.4 Å². The number of hydrogen-bond acceptors (Lipinski definition) is 4. The van der Waals surface area contributed by atoms with Gasteiger partial charge in [0, 0.05) is 11.1 Å². The Morgan fingerprint density at radius 1 is 0.556 bits per heavy atom. The zero-order valence-electron chi connectivity index (χ0n) is 20.4. The van der Waals surface area contributed by atoms with Crippen molar-refractivity contribution in [3.05, 3.63) is 107 Å². The van der Waals surface area contributed by atoms with Gasteiger partial charge in [0.2, 0.25) is 11.8 Å². The fourth-order valence-corrected chi connectivity index (χ4v) is 4.29. The first kappa shape index (κ1) is 22.1. The molecule has 0 saturated carbocycles. The van der Waals surface area contributed by atoms with Crippen LogP contribution in [0.2, 0.25) is 0 Å². The first-order valence-electron chi connectivity index (χ1n) is 12.4. The van der Waals surface area contributed by atoms with Crippen molar-refractivity contribution >= 4 is 34.4 Å². The first-order valence-corrected chi connectivity index (χ1v) is 12.4. The molecule has 0 aliphatic rings. The van der Waals surface area contributed by atoms with Crippen LogP contribution in [-0.4, -0.2) is 9.97 Å². The molecule has 0 N–H and O–H groups in total. The number of rotatable bonds is 6. The molecule has 0 unspecified atom stereocenters. The molecule has 0 saturated heterocycles. The Labute approximate surface area is 209 Å². The Bertz CT molecular complexity index is 1560. The maximum Gasteiger partial charge on any atom is 0.227 e. The van der Waals surface area contributed by atoms with Gasteiger partial charge in [-0.15, -0.1) is 0 Å². The smallest absolute Gasteiger partial charge is 0.227 e. The highest BCUT2D eigenvalue weighted by molar-refractivity contribution is 5.79. The van der Waals surface area contributed by atoms with Gasteiger partial charge in [0.25, 0.3) is 0 Å². The molecule has 0 atom stereocenters. The highest BCUT2D eigenvalue weighted by Crippen LogP contribution is 2.27. The van der Waals surface area contributed by atoms with E-state index in [0.717, 1.165) is 57.3 Å². The Kier molecular flexibility index (Phi) is 5.70. The lowest BCUT2D eigenvalue weighted by Gasteiger charge is -1.99. The van der Waals surface area contributed by atoms with Crippen molar-refractivity contribution in [3.63, 3.8) is 0 Å². The van der Waals surface area contributed by atoms with Crippen molar-refractivity contribution in [2.45, 2.75) is 26.7 Å². The van der Waals surface area contributed by atoms with Crippen LogP contribution in [0.4, 0.5) is 0 Å². The van der Waals surface area contributed by atoms with Crippen LogP contribution in [0.15, 0.2) is 93.8 Å². The third-order valence-corrected chi connectivity index (χ3v) is 6.51. The Morgan fingerprint density at radius 3 is 1.36 bits per heavy atom. The number of nitrogens with zero attached hydrogens (tertiary/aromatic N) is 2. The van der Waals surface area contributed by atoms with Gasteiger partial charge in [-0.25, -0.2) is 9.97 Å². The molecule has 36 heavy (non-hydrogen) atoms. The van der Waals surface area contributed by atoms with Crippen LogP contribution in [0.25, 0.3) is 57.3 Å². The van der Waals surface area contributed by atoms with Gasteiger partial charge in [-0.05, 0) is 83.6 Å². The molecule has 6 aromatic rings. The normalized spacial score (nSPS) is 11.7. The molecule has 0 aliphatic heterocycles. The number of oxazole rings is 2. The van der Waals surface area contributed by atoms with E-state index in [2.05, 4.69) is 84.5 Å². The van der Waals surface area contributed by atoms with Gasteiger partial charge in [0.15, 0.2) is 11.2 Å². The maximum atomic E-state index is 6.00. The number of aryl methyl sites for hydroxylation is 2. The zero-order chi connectivity index (χ0) is 24.5. The molecule has 0 amide bonds. The van der Waals surface area contributed by atoms with E-state index in [0.29, 0.717) is 11.8 Å². The van der Waals surface area contributed by atoms with Gasteiger partial charge in [-0.3, -0.25) is 0 Å². The van der Waals surface area contributed by atoms with Gasteiger partial charge in [-0.2, -0.15) is 0 Å². The van der Waals surface area contributed by atoms with E-state index in [-0.39, 0.29) is 0 Å². The second kappa shape index (κ2) is 9.31. The van der Waals surface area contributed by atoms with Gasteiger partial charge in [0.1, 0.15) is 11.0 Å². The lowest BCUT2D eigenvalue weighted by atomic mass is 10.1. The molecule has 0 bridgehead atoms. The Hall–Kier alpha value is -4.44. The first-order chi connectivity index (χ1) is 17.7. The third kappa shape index (κ3) is 4.34. The van der Waals surface area contributed by atoms with Crippen LogP contribution in [0.3, 0.4) is 0 Å². The monoisotopic (exact) mass is 470 g/mol. The minimum atomic E-state index is 0.648. The predicted octanol–water partition coefficient (Wildman–Crippen LogP) is 8.60. The molecule has 6 rings (SSSR count). The standard InChI is InChI=1S/C32H26N2O2/c1-3-21-11-17-27-29(19-21)35-31(33-27)25-13-7-23(8-14-25)5-6-24-9-15-26(16-10-24)32-34-28-18-12-22(4-2)20-30(28)36-32/h5-20H,3-4H2,1-2H3. The Balaban J connectivity index is 1.17. The average Bonchev–Trinajstić information content (AvgIpc) is 3.56. The second-order valence-electron chi connectivity index (χ2n) is 8.93. The van der Waals surface area contributed by atoms with Gasteiger partial charge in [0.05, 0.1) is 0 Å². The molecule has 0 fully saturated rings. The van der Waals surface area contributed by atoms with Crippen molar-refractivity contribution in [2.75, 3.05) is 0 Å². The van der Waals surface area contributed by atoms with Crippen molar-refractivity contribution in [2.24, 2.45) is 0 Å². The average molecular weight is 471 g/mol. The summed E-state index contributed by atoms with van der Waals surface area (Å²) in [6, 6.07) is 28.9. The highest BCUT2D eigenvalue weighted by atomic mass is 16.4. The molecule has 4 nitrogen and oxygen atoms in total. The lowest BCUT2D eigenvalue weighted by Crippen LogP contribution is -1.80. The SMILES string of the molecule is CCc1ccc2nc(-c3ccc(C=Cc4ccc(-c5nc6ccc(CC)cc6o5)cc4)cc3)oc2c1. The van der Waals surface area contributed by atoms with Crippen LogP contribution in [-0.2, 0) is 12.8 Å². The van der Waals surface area contributed by atoms with Gasteiger partial charge >= 0.3 is 0 Å². The summed E-state index contributed by atoms with van der Waals surface area (Å²) in [5.74, 6) is 1.30. The van der Waals surface area contributed by atoms with E-state index < -0.39 is 0 Å². The molecule has 0 aliphatic carbocycles. The molecule has 4 aromatic carbocycles. The van der Waals surface area contributed by atoms with Crippen molar-refractivity contribution in [1.29, 1.82) is 0 Å². The van der Waals surface area contributed by atoms with Crippen molar-refractivity contribution in [1.82, 2.24) is 9.97 Å². The van der Waals surface area contributed by atoms with Crippen LogP contribution in [0, 0.1) is 0 Å². The predicted molar refractivity (Wildman–Crippen MR) is 147 cm³/mol. The summed E-state index contributed by atoms with van der Waals surface area (Å²) in [4.78, 5) is 9.28. The maximum absolute atomic E-state index is 6.00. The number of aromatic nitrogens is 2. The van der Waals surface area contributed by atoms with Crippen molar-refractivity contribution < 1.29 is 8.83 Å². The summed E-state index contributed by atoms with van der Waals surface area (Å²) in [7, 11) is 0. The van der Waals surface area contributed by atoms with Gasteiger partial charge in [-0.1, -0.05) is 62.4 Å². The minimum absolute atomic E-state index is 0.648. The molecular formula is C32H26N2O2. The number of benzene rings is 4. The number of hydrogen-bond donors (Lipinski definition) is 0. The zero-order valence-corrected chi connectivity index (χ0v) is 20.4. The van der Waals surface area contributed by atoms with E-state index in [1.54, 1.807) is 0 Å². The molecule has 0 spiro atoms. The van der Waals surface area contributed by atoms with Crippen LogP contribution in [0.1, 0.15) is 36.1 Å². The summed E-state index contributed by atoms with van der Waals surface area (Å²) in [6.07, 6.45) is 6.16. The number of fused-ring (bicyclic) bond motifs is 2. The van der Waals surface area contributed by atoms with Crippen LogP contribution in [0.5, 0.6) is 0 Å². The minimum Gasteiger partial charge on any atom is -0.436 e. The summed E-state index contributed by atoms with van der Waals surface area (Å²) < 4.78 is 12.0. The summed E-state index contributed by atoms with van der Waals surface area (Å²) in [5.41, 5.74) is 10.1. The summed E-state index contributed by atoms with van der Waals surface area (Å²) >= 11 is 0. The van der Waals surface area contributed by atoms with Crippen LogP contribution < -0.4 is 0 Å². The van der Waals surface area contributed by atoms with Gasteiger partial charge < -0.3 is 8.83 Å². The second-order valence-corrected chi connectivity index (χ2v) is 8.93. The molecule has 2 aromatic heterocycles. The molecule has 176 valence electrons. The highest BCUT2D eigenvalue weighted by Gasteiger charge is 2.10. The fourth-order valence-electron chi connectivity index (χ4n) is 4.29. The molecule has 0 radical (unpaired) electrons. The van der Waals surface area contributed by atoms with E-state index in [1.165, 1.54) is 11.1 Å². The van der Waals surface area contributed by atoms with Crippen molar-refractivity contribution in [3.8, 4) is 22.9 Å². The van der Waals surface area contributed by atoms with E-state index >= 15 is 0 Å². The lowest BCUT2D eigenvalue weighted by molar-refractivity contribution is 0.619. The van der Waals surface area contributed by atoms with E-state index in [4.69, 9.17) is 8.83 Å². The summed E-state index contributed by atoms with van der Waals surface area (Å²) in [5, 5.41) is 0. The molecule has 2 heterocycles. The van der Waals surface area contributed by atoms with E-state index in [9.17, 15) is 0 Å². The Morgan fingerprint density at radius 2 is 0.972 bits per heavy atom.